The minimum absolute atomic E-state index is 0.198. The van der Waals surface area contributed by atoms with E-state index in [1.807, 2.05) is 115 Å². The van der Waals surface area contributed by atoms with Gasteiger partial charge in [0.2, 0.25) is 0 Å². The maximum Gasteiger partial charge on any atom is 0.282 e. The molecule has 0 fully saturated rings. The number of ether oxygens (including phenoxy) is 2. The van der Waals surface area contributed by atoms with Gasteiger partial charge in [-0.15, -0.1) is 0 Å². The van der Waals surface area contributed by atoms with Gasteiger partial charge in [0.25, 0.3) is 5.56 Å². The van der Waals surface area contributed by atoms with Gasteiger partial charge in [-0.2, -0.15) is 9.61 Å². The van der Waals surface area contributed by atoms with E-state index >= 15 is 0 Å². The van der Waals surface area contributed by atoms with Crippen molar-refractivity contribution in [3.8, 4) is 39.3 Å². The zero-order valence-corrected chi connectivity index (χ0v) is 22.5. The lowest BCUT2D eigenvalue weighted by Gasteiger charge is -2.17. The molecule has 40 heavy (non-hydrogen) atoms. The van der Waals surface area contributed by atoms with Gasteiger partial charge < -0.3 is 14.0 Å². The lowest BCUT2D eigenvalue weighted by atomic mass is 10.0. The van der Waals surface area contributed by atoms with E-state index in [4.69, 9.17) is 14.6 Å². The normalized spacial score (nSPS) is 11.2. The maximum atomic E-state index is 14.3. The fraction of sp³-hybridized carbons (Fsp3) is 0.118. The highest BCUT2D eigenvalue weighted by Gasteiger charge is 2.25. The molecule has 2 heterocycles. The highest BCUT2D eigenvalue weighted by Crippen LogP contribution is 2.36. The molecule has 0 N–H and O–H groups in total. The van der Waals surface area contributed by atoms with Gasteiger partial charge in [0.05, 0.1) is 37.1 Å². The Morgan fingerprint density at radius 2 is 1.25 bits per heavy atom. The van der Waals surface area contributed by atoms with Crippen LogP contribution in [0.5, 0.6) is 5.75 Å². The highest BCUT2D eigenvalue weighted by molar-refractivity contribution is 5.91. The van der Waals surface area contributed by atoms with Crippen molar-refractivity contribution in [2.24, 2.45) is 7.05 Å². The first-order chi connectivity index (χ1) is 19.7. The second-order valence-electron chi connectivity index (χ2n) is 9.58. The van der Waals surface area contributed by atoms with Crippen molar-refractivity contribution in [3.05, 3.63) is 137 Å². The molecule has 198 valence electrons. The van der Waals surface area contributed by atoms with Crippen molar-refractivity contribution in [3.63, 3.8) is 0 Å². The number of hydrogen-bond acceptors (Lipinski definition) is 4. The predicted octanol–water partition coefficient (Wildman–Crippen LogP) is 6.76. The summed E-state index contributed by atoms with van der Waals surface area (Å²) in [6, 6.07) is 37.6. The van der Waals surface area contributed by atoms with Gasteiger partial charge in [-0.1, -0.05) is 103 Å². The molecule has 0 spiro atoms. The van der Waals surface area contributed by atoms with Crippen molar-refractivity contribution in [1.82, 2.24) is 14.2 Å². The van der Waals surface area contributed by atoms with E-state index in [0.29, 0.717) is 17.8 Å². The standard InChI is InChI=1S/C34H29N3O3/c1-36-29(23-40-22-24-12-6-3-7-13-24)30(26-18-20-28(39-2)21-19-26)34(38)37-33(36)31(25-14-8-4-9-15-25)32(35-37)27-16-10-5-11-17-27/h3-21H,22-23H2,1-2H3. The molecule has 0 unspecified atom stereocenters. The van der Waals surface area contributed by atoms with Gasteiger partial charge in [-0.05, 0) is 28.8 Å². The van der Waals surface area contributed by atoms with Crippen LogP contribution in [0.2, 0.25) is 0 Å². The number of hydrogen-bond donors (Lipinski definition) is 0. The number of rotatable bonds is 8. The highest BCUT2D eigenvalue weighted by atomic mass is 16.5. The third kappa shape index (κ3) is 4.70. The summed E-state index contributed by atoms with van der Waals surface area (Å²) in [5.74, 6) is 0.723. The van der Waals surface area contributed by atoms with Crippen molar-refractivity contribution < 1.29 is 9.47 Å². The minimum atomic E-state index is -0.198. The SMILES string of the molecule is COc1ccc(-c2c(COCc3ccccc3)n(C)c3c(-c4ccccc4)c(-c4ccccc4)nn3c2=O)cc1. The molecular weight excluding hydrogens is 498 g/mol. The zero-order valence-electron chi connectivity index (χ0n) is 22.5. The minimum Gasteiger partial charge on any atom is -0.497 e. The van der Waals surface area contributed by atoms with Crippen LogP contribution in [0, 0.1) is 0 Å². The van der Waals surface area contributed by atoms with E-state index in [9.17, 15) is 4.79 Å². The Morgan fingerprint density at radius 3 is 1.88 bits per heavy atom. The van der Waals surface area contributed by atoms with Crippen LogP contribution in [0.15, 0.2) is 120 Å². The Balaban J connectivity index is 1.60. The van der Waals surface area contributed by atoms with E-state index in [1.165, 1.54) is 4.52 Å². The van der Waals surface area contributed by atoms with Crippen LogP contribution in [0.25, 0.3) is 39.2 Å². The molecule has 0 atom stereocenters. The average molecular weight is 528 g/mol. The Kier molecular flexibility index (Phi) is 7.00. The van der Waals surface area contributed by atoms with Crippen LogP contribution < -0.4 is 10.3 Å². The van der Waals surface area contributed by atoms with Crippen LogP contribution in [-0.2, 0) is 25.0 Å². The van der Waals surface area contributed by atoms with E-state index in [1.54, 1.807) is 7.11 Å². The third-order valence-electron chi connectivity index (χ3n) is 7.12. The molecular formula is C34H29N3O3. The first kappa shape index (κ1) is 25.3. The Morgan fingerprint density at radius 1 is 0.675 bits per heavy atom. The summed E-state index contributed by atoms with van der Waals surface area (Å²) in [4.78, 5) is 14.3. The monoisotopic (exact) mass is 527 g/mol. The van der Waals surface area contributed by atoms with Crippen LogP contribution in [0.4, 0.5) is 0 Å². The molecule has 0 aliphatic heterocycles. The van der Waals surface area contributed by atoms with Crippen LogP contribution in [-0.4, -0.2) is 21.3 Å². The molecule has 6 rings (SSSR count). The summed E-state index contributed by atoms with van der Waals surface area (Å²) in [5, 5.41) is 4.93. The first-order valence-corrected chi connectivity index (χ1v) is 13.2. The average Bonchev–Trinajstić information content (AvgIpc) is 3.43. The van der Waals surface area contributed by atoms with Gasteiger partial charge in [-0.25, -0.2) is 0 Å². The Labute approximate surface area is 232 Å². The van der Waals surface area contributed by atoms with Crippen LogP contribution in [0.3, 0.4) is 0 Å². The molecule has 0 saturated carbocycles. The molecule has 6 nitrogen and oxygen atoms in total. The third-order valence-corrected chi connectivity index (χ3v) is 7.12. The number of fused-ring (bicyclic) bond motifs is 1. The van der Waals surface area contributed by atoms with Gasteiger partial charge >= 0.3 is 0 Å². The Bertz CT molecular complexity index is 1810. The van der Waals surface area contributed by atoms with Gasteiger partial charge in [0.1, 0.15) is 17.1 Å². The van der Waals surface area contributed by atoms with E-state index in [2.05, 4.69) is 12.1 Å². The molecule has 6 heteroatoms. The first-order valence-electron chi connectivity index (χ1n) is 13.2. The second kappa shape index (κ2) is 11.0. The largest absolute Gasteiger partial charge is 0.497 e. The summed E-state index contributed by atoms with van der Waals surface area (Å²) in [5.41, 5.74) is 7.26. The van der Waals surface area contributed by atoms with Crippen LogP contribution in [0.1, 0.15) is 11.3 Å². The quantitative estimate of drug-likeness (QED) is 0.219. The van der Waals surface area contributed by atoms with E-state index in [-0.39, 0.29) is 12.2 Å². The lowest BCUT2D eigenvalue weighted by Crippen LogP contribution is -2.24. The summed E-state index contributed by atoms with van der Waals surface area (Å²) < 4.78 is 15.2. The number of methoxy groups -OCH3 is 1. The van der Waals surface area contributed by atoms with E-state index in [0.717, 1.165) is 45.0 Å². The van der Waals surface area contributed by atoms with Crippen molar-refractivity contribution in [2.75, 3.05) is 7.11 Å². The molecule has 6 aromatic rings. The summed E-state index contributed by atoms with van der Waals surface area (Å²) in [6.45, 7) is 0.681. The molecule has 0 radical (unpaired) electrons. The van der Waals surface area contributed by atoms with Crippen molar-refractivity contribution in [1.29, 1.82) is 0 Å². The van der Waals surface area contributed by atoms with Gasteiger partial charge in [0.15, 0.2) is 0 Å². The van der Waals surface area contributed by atoms with Crippen molar-refractivity contribution in [2.45, 2.75) is 13.2 Å². The second-order valence-corrected chi connectivity index (χ2v) is 9.58. The maximum absolute atomic E-state index is 14.3. The number of aryl methyl sites for hydroxylation is 1. The molecule has 2 aromatic heterocycles. The lowest BCUT2D eigenvalue weighted by molar-refractivity contribution is 0.103. The smallest absolute Gasteiger partial charge is 0.282 e. The number of benzene rings is 4. The molecule has 0 saturated heterocycles. The zero-order chi connectivity index (χ0) is 27.5. The summed E-state index contributed by atoms with van der Waals surface area (Å²) >= 11 is 0. The van der Waals surface area contributed by atoms with E-state index < -0.39 is 0 Å². The number of aromatic nitrogens is 3. The molecule has 0 amide bonds. The predicted molar refractivity (Wildman–Crippen MR) is 158 cm³/mol. The molecule has 0 aliphatic carbocycles. The molecule has 0 bridgehead atoms. The summed E-state index contributed by atoms with van der Waals surface area (Å²) in [7, 11) is 3.61. The van der Waals surface area contributed by atoms with Gasteiger partial charge in [-0.3, -0.25) is 4.79 Å². The summed E-state index contributed by atoms with van der Waals surface area (Å²) in [6.07, 6.45) is 0. The fourth-order valence-corrected chi connectivity index (χ4v) is 5.11. The molecule has 4 aromatic carbocycles. The number of nitrogens with zero attached hydrogens (tertiary/aromatic N) is 3. The van der Waals surface area contributed by atoms with Gasteiger partial charge in [0, 0.05) is 12.6 Å². The molecule has 0 aliphatic rings. The van der Waals surface area contributed by atoms with Crippen molar-refractivity contribution >= 4 is 5.65 Å². The topological polar surface area (TPSA) is 57.8 Å². The van der Waals surface area contributed by atoms with Crippen LogP contribution >= 0.6 is 0 Å². The Hall–Kier alpha value is -4.94. The fourth-order valence-electron chi connectivity index (χ4n) is 5.11.